The summed E-state index contributed by atoms with van der Waals surface area (Å²) in [6.45, 7) is 3.96. The molecule has 0 saturated carbocycles. The largest absolute Gasteiger partial charge is 0.348 e. The quantitative estimate of drug-likeness (QED) is 0.899. The van der Waals surface area contributed by atoms with Gasteiger partial charge >= 0.3 is 0 Å². The van der Waals surface area contributed by atoms with E-state index in [1.807, 2.05) is 32.0 Å². The zero-order valence-electron chi connectivity index (χ0n) is 13.6. The lowest BCUT2D eigenvalue weighted by Crippen LogP contribution is -2.36. The molecule has 0 aliphatic carbocycles. The van der Waals surface area contributed by atoms with Crippen LogP contribution in [0.2, 0.25) is 0 Å². The predicted molar refractivity (Wildman–Crippen MR) is 90.0 cm³/mol. The molecule has 1 amide bonds. The van der Waals surface area contributed by atoms with E-state index in [0.717, 1.165) is 5.69 Å². The minimum atomic E-state index is -3.03. The van der Waals surface area contributed by atoms with Crippen molar-refractivity contribution in [3.63, 3.8) is 0 Å². The number of carbonyl (C=O) groups excluding carboxylic acids is 1. The van der Waals surface area contributed by atoms with Gasteiger partial charge in [0.05, 0.1) is 29.0 Å². The van der Waals surface area contributed by atoms with Crippen LogP contribution in [-0.4, -0.2) is 46.6 Å². The van der Waals surface area contributed by atoms with E-state index in [0.29, 0.717) is 17.8 Å². The summed E-state index contributed by atoms with van der Waals surface area (Å²) < 4.78 is 24.8. The summed E-state index contributed by atoms with van der Waals surface area (Å²) in [5, 5.41) is 7.13. The van der Waals surface area contributed by atoms with Crippen molar-refractivity contribution in [2.75, 3.05) is 11.5 Å². The lowest BCUT2D eigenvalue weighted by molar-refractivity contribution is 0.0939. The van der Waals surface area contributed by atoms with Gasteiger partial charge in [-0.1, -0.05) is 19.9 Å². The lowest BCUT2D eigenvalue weighted by Gasteiger charge is -2.14. The van der Waals surface area contributed by atoms with Gasteiger partial charge in [-0.2, -0.15) is 5.10 Å². The number of aromatic nitrogens is 3. The van der Waals surface area contributed by atoms with Crippen LogP contribution in [0.15, 0.2) is 30.6 Å². The van der Waals surface area contributed by atoms with E-state index in [9.17, 15) is 13.2 Å². The van der Waals surface area contributed by atoms with E-state index in [-0.39, 0.29) is 29.4 Å². The lowest BCUT2D eigenvalue weighted by atomic mass is 10.0. The van der Waals surface area contributed by atoms with Gasteiger partial charge in [0.25, 0.3) is 5.91 Å². The number of nitrogens with one attached hydrogen (secondary N) is 1. The van der Waals surface area contributed by atoms with E-state index >= 15 is 0 Å². The third-order valence-electron chi connectivity index (χ3n) is 4.03. The molecule has 1 fully saturated rings. The predicted octanol–water partition coefficient (Wildman–Crippen LogP) is 1.31. The van der Waals surface area contributed by atoms with Gasteiger partial charge in [0.15, 0.2) is 15.7 Å². The number of hydrogen-bond acceptors (Lipinski definition) is 5. The van der Waals surface area contributed by atoms with Crippen molar-refractivity contribution < 1.29 is 13.2 Å². The second kappa shape index (κ2) is 6.35. The SMILES string of the molecule is CC(C)c1c(C(=O)N[C@H]2CCS(=O)(=O)C2)cnn1-c1ccccn1. The monoisotopic (exact) mass is 348 g/mol. The number of sulfone groups is 1. The molecule has 0 unspecified atom stereocenters. The number of amides is 1. The van der Waals surface area contributed by atoms with Crippen LogP contribution >= 0.6 is 0 Å². The maximum absolute atomic E-state index is 12.6. The Hall–Kier alpha value is -2.22. The minimum absolute atomic E-state index is 0.00410. The Morgan fingerprint density at radius 2 is 2.17 bits per heavy atom. The third kappa shape index (κ3) is 3.33. The van der Waals surface area contributed by atoms with Crippen LogP contribution in [-0.2, 0) is 9.84 Å². The van der Waals surface area contributed by atoms with E-state index in [4.69, 9.17) is 0 Å². The normalized spacial score (nSPS) is 19.5. The molecule has 0 aromatic carbocycles. The van der Waals surface area contributed by atoms with Crippen molar-refractivity contribution in [1.29, 1.82) is 0 Å². The van der Waals surface area contributed by atoms with Crippen molar-refractivity contribution in [2.24, 2.45) is 0 Å². The molecule has 24 heavy (non-hydrogen) atoms. The van der Waals surface area contributed by atoms with Crippen molar-refractivity contribution in [2.45, 2.75) is 32.2 Å². The van der Waals surface area contributed by atoms with Crippen LogP contribution in [0.1, 0.15) is 42.2 Å². The van der Waals surface area contributed by atoms with Crippen molar-refractivity contribution in [3.05, 3.63) is 41.9 Å². The van der Waals surface area contributed by atoms with Gasteiger partial charge in [0.2, 0.25) is 0 Å². The van der Waals surface area contributed by atoms with Gasteiger partial charge in [-0.25, -0.2) is 18.1 Å². The number of rotatable bonds is 4. The maximum Gasteiger partial charge on any atom is 0.255 e. The molecule has 1 N–H and O–H groups in total. The first-order valence-corrected chi connectivity index (χ1v) is 9.70. The Bertz CT molecular complexity index is 843. The zero-order chi connectivity index (χ0) is 17.3. The summed E-state index contributed by atoms with van der Waals surface area (Å²) in [6.07, 6.45) is 3.65. The van der Waals surface area contributed by atoms with E-state index in [1.165, 1.54) is 6.20 Å². The van der Waals surface area contributed by atoms with Crippen LogP contribution in [0.4, 0.5) is 0 Å². The maximum atomic E-state index is 12.6. The van der Waals surface area contributed by atoms with Crippen LogP contribution in [0.25, 0.3) is 5.82 Å². The summed E-state index contributed by atoms with van der Waals surface area (Å²) in [6, 6.07) is 5.16. The summed E-state index contributed by atoms with van der Waals surface area (Å²) in [5.41, 5.74) is 1.21. The van der Waals surface area contributed by atoms with Gasteiger partial charge < -0.3 is 5.32 Å². The van der Waals surface area contributed by atoms with E-state index < -0.39 is 9.84 Å². The Morgan fingerprint density at radius 1 is 1.38 bits per heavy atom. The van der Waals surface area contributed by atoms with Gasteiger partial charge in [-0.15, -0.1) is 0 Å². The summed E-state index contributed by atoms with van der Waals surface area (Å²) >= 11 is 0. The Morgan fingerprint density at radius 3 is 2.75 bits per heavy atom. The fraction of sp³-hybridized carbons (Fsp3) is 0.438. The van der Waals surface area contributed by atoms with Crippen molar-refractivity contribution >= 4 is 15.7 Å². The molecule has 1 atom stereocenters. The first-order valence-electron chi connectivity index (χ1n) is 7.88. The van der Waals surface area contributed by atoms with Gasteiger partial charge in [0.1, 0.15) is 0 Å². The van der Waals surface area contributed by atoms with Crippen LogP contribution in [0.5, 0.6) is 0 Å². The first kappa shape index (κ1) is 16.6. The molecule has 7 nitrogen and oxygen atoms in total. The highest BCUT2D eigenvalue weighted by atomic mass is 32.2. The average molecular weight is 348 g/mol. The molecule has 8 heteroatoms. The molecule has 1 aliphatic heterocycles. The number of carbonyl (C=O) groups is 1. The highest BCUT2D eigenvalue weighted by Gasteiger charge is 2.30. The summed E-state index contributed by atoms with van der Waals surface area (Å²) in [4.78, 5) is 16.9. The number of nitrogens with zero attached hydrogens (tertiary/aromatic N) is 3. The smallest absolute Gasteiger partial charge is 0.255 e. The minimum Gasteiger partial charge on any atom is -0.348 e. The standard InChI is InChI=1S/C16H20N4O3S/c1-11(2)15-13(9-18-20(15)14-5-3-4-7-17-14)16(21)19-12-6-8-24(22,23)10-12/h3-5,7,9,11-12H,6,8,10H2,1-2H3,(H,19,21)/t12-/m0/s1. The van der Waals surface area contributed by atoms with Crippen molar-refractivity contribution in [3.8, 4) is 5.82 Å². The molecular weight excluding hydrogens is 328 g/mol. The second-order valence-corrected chi connectivity index (χ2v) is 8.50. The molecule has 0 bridgehead atoms. The number of hydrogen-bond donors (Lipinski definition) is 1. The molecule has 2 aromatic heterocycles. The Labute approximate surface area is 141 Å². The fourth-order valence-electron chi connectivity index (χ4n) is 2.92. The summed E-state index contributed by atoms with van der Waals surface area (Å²) in [5.74, 6) is 0.543. The molecule has 128 valence electrons. The summed E-state index contributed by atoms with van der Waals surface area (Å²) in [7, 11) is -3.03. The van der Waals surface area contributed by atoms with E-state index in [2.05, 4.69) is 15.4 Å². The van der Waals surface area contributed by atoms with Gasteiger partial charge in [-0.05, 0) is 24.5 Å². The molecule has 3 heterocycles. The third-order valence-corrected chi connectivity index (χ3v) is 5.80. The topological polar surface area (TPSA) is 94.0 Å². The van der Waals surface area contributed by atoms with Gasteiger partial charge in [-0.3, -0.25) is 4.79 Å². The van der Waals surface area contributed by atoms with Crippen LogP contribution in [0.3, 0.4) is 0 Å². The molecule has 2 aromatic rings. The van der Waals surface area contributed by atoms with Crippen LogP contribution < -0.4 is 5.32 Å². The average Bonchev–Trinajstić information content (AvgIpc) is 3.11. The molecular formula is C16H20N4O3S. The molecule has 3 rings (SSSR count). The highest BCUT2D eigenvalue weighted by Crippen LogP contribution is 2.23. The molecule has 1 aliphatic rings. The van der Waals surface area contributed by atoms with Crippen LogP contribution in [0, 0.1) is 0 Å². The zero-order valence-corrected chi connectivity index (χ0v) is 14.5. The molecule has 1 saturated heterocycles. The second-order valence-electron chi connectivity index (χ2n) is 6.27. The molecule has 0 spiro atoms. The van der Waals surface area contributed by atoms with Crippen molar-refractivity contribution in [1.82, 2.24) is 20.1 Å². The Kier molecular flexibility index (Phi) is 4.40. The van der Waals surface area contributed by atoms with Gasteiger partial charge in [0, 0.05) is 12.2 Å². The number of pyridine rings is 1. The van der Waals surface area contributed by atoms with E-state index in [1.54, 1.807) is 10.9 Å². The highest BCUT2D eigenvalue weighted by molar-refractivity contribution is 7.91. The first-order chi connectivity index (χ1) is 11.4. The molecule has 0 radical (unpaired) electrons. The fourth-order valence-corrected chi connectivity index (χ4v) is 4.60. The Balaban J connectivity index is 1.88.